The van der Waals surface area contributed by atoms with Crippen molar-refractivity contribution < 1.29 is 50.4 Å². The quantitative estimate of drug-likeness (QED) is 0.168. The standard InChI is InChI=1S/C26H27N3O10/c27-15(5-12-1-2-17(30)18(31)7-12)25(38)29-16(6-14-10-21(34)24(37)22(35)11-14)26(39)28-4-3-13-8-19(32)23(36)20(33)9-13/h1-4,7-11,15-16,30-37H,5-6,27H2,(H,28,39)(H,29,38)/t15-,16-/m0/s1. The summed E-state index contributed by atoms with van der Waals surface area (Å²) in [5, 5.41) is 81.9. The Morgan fingerprint density at radius 1 is 0.692 bits per heavy atom. The van der Waals surface area contributed by atoms with Crippen LogP contribution in [-0.4, -0.2) is 64.8 Å². The van der Waals surface area contributed by atoms with E-state index in [1.807, 2.05) is 0 Å². The minimum absolute atomic E-state index is 0.0530. The maximum absolute atomic E-state index is 13.0. The van der Waals surface area contributed by atoms with Gasteiger partial charge in [-0.3, -0.25) is 9.59 Å². The molecule has 39 heavy (non-hydrogen) atoms. The molecule has 0 aliphatic carbocycles. The predicted octanol–water partition coefficient (Wildman–Crippen LogP) is 0.716. The Morgan fingerprint density at radius 3 is 1.79 bits per heavy atom. The van der Waals surface area contributed by atoms with Crippen molar-refractivity contribution in [1.29, 1.82) is 0 Å². The Kier molecular flexibility index (Phi) is 8.58. The Balaban J connectivity index is 1.78. The summed E-state index contributed by atoms with van der Waals surface area (Å²) in [6.07, 6.45) is 2.14. The number of nitrogens with two attached hydrogens (primary N) is 1. The lowest BCUT2D eigenvalue weighted by molar-refractivity contribution is -0.129. The molecule has 3 aromatic rings. The molecule has 0 fully saturated rings. The number of hydrogen-bond donors (Lipinski definition) is 11. The van der Waals surface area contributed by atoms with E-state index in [1.165, 1.54) is 24.3 Å². The van der Waals surface area contributed by atoms with Gasteiger partial charge in [-0.2, -0.15) is 0 Å². The summed E-state index contributed by atoms with van der Waals surface area (Å²) >= 11 is 0. The van der Waals surface area contributed by atoms with Gasteiger partial charge in [-0.1, -0.05) is 6.07 Å². The lowest BCUT2D eigenvalue weighted by Gasteiger charge is -2.21. The molecule has 2 atom stereocenters. The zero-order chi connectivity index (χ0) is 28.9. The molecular weight excluding hydrogens is 514 g/mol. The van der Waals surface area contributed by atoms with Crippen LogP contribution in [0.25, 0.3) is 6.08 Å². The first-order chi connectivity index (χ1) is 18.3. The lowest BCUT2D eigenvalue weighted by Crippen LogP contribution is -2.52. The van der Waals surface area contributed by atoms with Gasteiger partial charge in [0, 0.05) is 12.6 Å². The summed E-state index contributed by atoms with van der Waals surface area (Å²) in [5.74, 6) is -6.20. The van der Waals surface area contributed by atoms with E-state index in [0.717, 1.165) is 30.5 Å². The summed E-state index contributed by atoms with van der Waals surface area (Å²) in [6, 6.07) is 5.89. The monoisotopic (exact) mass is 541 g/mol. The Bertz CT molecular complexity index is 1380. The number of carbonyl (C=O) groups is 2. The maximum atomic E-state index is 13.0. The summed E-state index contributed by atoms with van der Waals surface area (Å²) in [6.45, 7) is 0. The molecule has 0 radical (unpaired) electrons. The van der Waals surface area contributed by atoms with Gasteiger partial charge in [0.05, 0.1) is 6.04 Å². The zero-order valence-electron chi connectivity index (χ0n) is 20.2. The Labute approximate surface area is 221 Å². The van der Waals surface area contributed by atoms with Crippen LogP contribution in [0.2, 0.25) is 0 Å². The highest BCUT2D eigenvalue weighted by atomic mass is 16.3. The molecule has 0 aliphatic heterocycles. The molecule has 0 spiro atoms. The predicted molar refractivity (Wildman–Crippen MR) is 137 cm³/mol. The number of amides is 2. The largest absolute Gasteiger partial charge is 0.504 e. The van der Waals surface area contributed by atoms with Gasteiger partial charge in [0.25, 0.3) is 0 Å². The van der Waals surface area contributed by atoms with E-state index in [0.29, 0.717) is 5.56 Å². The molecule has 13 heteroatoms. The number of aromatic hydroxyl groups is 8. The summed E-state index contributed by atoms with van der Waals surface area (Å²) < 4.78 is 0. The highest BCUT2D eigenvalue weighted by Crippen LogP contribution is 2.36. The van der Waals surface area contributed by atoms with E-state index >= 15 is 0 Å². The highest BCUT2D eigenvalue weighted by Gasteiger charge is 2.25. The summed E-state index contributed by atoms with van der Waals surface area (Å²) in [4.78, 5) is 25.8. The molecule has 0 unspecified atom stereocenters. The smallest absolute Gasteiger partial charge is 0.246 e. The Hall–Kier alpha value is -5.30. The van der Waals surface area contributed by atoms with Crippen molar-refractivity contribution in [2.75, 3.05) is 0 Å². The first-order valence-electron chi connectivity index (χ1n) is 11.4. The zero-order valence-corrected chi connectivity index (χ0v) is 20.2. The van der Waals surface area contributed by atoms with Crippen molar-refractivity contribution in [3.8, 4) is 46.0 Å². The van der Waals surface area contributed by atoms with Gasteiger partial charge in [-0.25, -0.2) is 0 Å². The van der Waals surface area contributed by atoms with E-state index in [4.69, 9.17) is 5.73 Å². The van der Waals surface area contributed by atoms with Crippen molar-refractivity contribution in [2.24, 2.45) is 5.73 Å². The van der Waals surface area contributed by atoms with Crippen LogP contribution in [0.5, 0.6) is 46.0 Å². The maximum Gasteiger partial charge on any atom is 0.246 e. The SMILES string of the molecule is N[C@@H](Cc1ccc(O)c(O)c1)C(=O)N[C@@H](Cc1cc(O)c(O)c(O)c1)C(=O)NC=Cc1cc(O)c(O)c(O)c1. The number of benzene rings is 3. The van der Waals surface area contributed by atoms with E-state index in [2.05, 4.69) is 10.6 Å². The topological polar surface area (TPSA) is 246 Å². The highest BCUT2D eigenvalue weighted by molar-refractivity contribution is 5.90. The van der Waals surface area contributed by atoms with E-state index < -0.39 is 64.1 Å². The summed E-state index contributed by atoms with van der Waals surface area (Å²) in [7, 11) is 0. The van der Waals surface area contributed by atoms with E-state index in [9.17, 15) is 50.4 Å². The molecule has 3 aromatic carbocycles. The molecule has 2 amide bonds. The van der Waals surface area contributed by atoms with Crippen molar-refractivity contribution in [1.82, 2.24) is 10.6 Å². The van der Waals surface area contributed by atoms with Crippen molar-refractivity contribution in [2.45, 2.75) is 24.9 Å². The van der Waals surface area contributed by atoms with Crippen LogP contribution in [0.1, 0.15) is 16.7 Å². The van der Waals surface area contributed by atoms with Gasteiger partial charge < -0.3 is 57.2 Å². The number of phenolic OH excluding ortho intramolecular Hbond substituents is 8. The van der Waals surface area contributed by atoms with E-state index in [1.54, 1.807) is 0 Å². The van der Waals surface area contributed by atoms with Crippen LogP contribution in [0.15, 0.2) is 48.7 Å². The fourth-order valence-corrected chi connectivity index (χ4v) is 3.59. The third-order valence-corrected chi connectivity index (χ3v) is 5.63. The second-order valence-electron chi connectivity index (χ2n) is 8.63. The van der Waals surface area contributed by atoms with Gasteiger partial charge in [0.2, 0.25) is 11.8 Å². The van der Waals surface area contributed by atoms with Gasteiger partial charge >= 0.3 is 0 Å². The molecular formula is C26H27N3O10. The lowest BCUT2D eigenvalue weighted by atomic mass is 10.0. The van der Waals surface area contributed by atoms with Crippen LogP contribution >= 0.6 is 0 Å². The third kappa shape index (κ3) is 7.14. The molecule has 206 valence electrons. The second-order valence-corrected chi connectivity index (χ2v) is 8.63. The fourth-order valence-electron chi connectivity index (χ4n) is 3.59. The van der Waals surface area contributed by atoms with Crippen LogP contribution in [0, 0.1) is 0 Å². The molecule has 0 saturated heterocycles. The van der Waals surface area contributed by atoms with Crippen LogP contribution in [0.4, 0.5) is 0 Å². The summed E-state index contributed by atoms with van der Waals surface area (Å²) in [5.41, 5.74) is 6.81. The van der Waals surface area contributed by atoms with Crippen LogP contribution in [0.3, 0.4) is 0 Å². The van der Waals surface area contributed by atoms with Gasteiger partial charge in [-0.15, -0.1) is 0 Å². The molecule has 0 aromatic heterocycles. The first-order valence-corrected chi connectivity index (χ1v) is 11.4. The number of nitrogens with one attached hydrogen (secondary N) is 2. The number of hydrogen-bond acceptors (Lipinski definition) is 11. The van der Waals surface area contributed by atoms with Crippen LogP contribution in [-0.2, 0) is 22.4 Å². The second kappa shape index (κ2) is 11.8. The van der Waals surface area contributed by atoms with Crippen LogP contribution < -0.4 is 16.4 Å². The normalized spacial score (nSPS) is 12.6. The molecule has 0 saturated carbocycles. The number of rotatable bonds is 9. The van der Waals surface area contributed by atoms with Crippen molar-refractivity contribution >= 4 is 17.9 Å². The minimum atomic E-state index is -1.30. The van der Waals surface area contributed by atoms with Crippen molar-refractivity contribution in [3.05, 3.63) is 65.4 Å². The number of carbonyl (C=O) groups excluding carboxylic acids is 2. The molecule has 0 heterocycles. The molecule has 13 nitrogen and oxygen atoms in total. The van der Waals surface area contributed by atoms with E-state index in [-0.39, 0.29) is 29.7 Å². The molecule has 0 aliphatic rings. The Morgan fingerprint density at radius 2 is 1.23 bits per heavy atom. The molecule has 3 rings (SSSR count). The minimum Gasteiger partial charge on any atom is -0.504 e. The average molecular weight is 542 g/mol. The van der Waals surface area contributed by atoms with Gasteiger partial charge in [0.1, 0.15) is 6.04 Å². The molecule has 0 bridgehead atoms. The third-order valence-electron chi connectivity index (χ3n) is 5.63. The number of phenols is 8. The van der Waals surface area contributed by atoms with Crippen molar-refractivity contribution in [3.63, 3.8) is 0 Å². The fraction of sp³-hybridized carbons (Fsp3) is 0.154. The van der Waals surface area contributed by atoms with Gasteiger partial charge in [0.15, 0.2) is 46.0 Å². The molecule has 12 N–H and O–H groups in total. The average Bonchev–Trinajstić information content (AvgIpc) is 2.87. The first kappa shape index (κ1) is 28.3. The van der Waals surface area contributed by atoms with Gasteiger partial charge in [-0.05, 0) is 65.6 Å².